The highest BCUT2D eigenvalue weighted by Crippen LogP contribution is 2.10. The molecule has 1 amide bonds. The van der Waals surface area contributed by atoms with Gasteiger partial charge in [0.1, 0.15) is 0 Å². The Morgan fingerprint density at radius 2 is 1.76 bits per heavy atom. The first-order valence-corrected chi connectivity index (χ1v) is 7.27. The van der Waals surface area contributed by atoms with Crippen molar-refractivity contribution < 1.29 is 4.79 Å². The van der Waals surface area contributed by atoms with Crippen LogP contribution in [-0.4, -0.2) is 12.5 Å². The van der Waals surface area contributed by atoms with E-state index in [0.29, 0.717) is 19.5 Å². The standard InChI is InChI=1S/C18H22N2O/c1-14-7-5-6-10-16(14)13-20-18(21)17(12-19)11-15-8-3-2-4-9-15/h2-10,17H,11-13,19H2,1H3,(H,20,21). The molecule has 0 aliphatic carbocycles. The Labute approximate surface area is 126 Å². The molecule has 2 rings (SSSR count). The molecular formula is C18H22N2O. The Morgan fingerprint density at radius 1 is 1.10 bits per heavy atom. The maximum absolute atomic E-state index is 12.3. The van der Waals surface area contributed by atoms with E-state index in [1.807, 2.05) is 61.5 Å². The Morgan fingerprint density at radius 3 is 2.43 bits per heavy atom. The number of nitrogens with one attached hydrogen (secondary N) is 1. The minimum Gasteiger partial charge on any atom is -0.352 e. The number of carbonyl (C=O) groups excluding carboxylic acids is 1. The van der Waals surface area contributed by atoms with E-state index < -0.39 is 0 Å². The number of amides is 1. The molecule has 2 aromatic carbocycles. The molecule has 0 heterocycles. The number of hydrogen-bond donors (Lipinski definition) is 2. The fourth-order valence-corrected chi connectivity index (χ4v) is 2.32. The van der Waals surface area contributed by atoms with Gasteiger partial charge >= 0.3 is 0 Å². The predicted octanol–water partition coefficient (Wildman–Crippen LogP) is 2.43. The first-order valence-electron chi connectivity index (χ1n) is 7.27. The van der Waals surface area contributed by atoms with Gasteiger partial charge in [-0.05, 0) is 30.0 Å². The van der Waals surface area contributed by atoms with Crippen LogP contribution in [0.2, 0.25) is 0 Å². The summed E-state index contributed by atoms with van der Waals surface area (Å²) in [4.78, 5) is 12.3. The van der Waals surface area contributed by atoms with Gasteiger partial charge in [0, 0.05) is 13.1 Å². The summed E-state index contributed by atoms with van der Waals surface area (Å²) in [6.07, 6.45) is 0.678. The largest absolute Gasteiger partial charge is 0.352 e. The molecular weight excluding hydrogens is 260 g/mol. The van der Waals surface area contributed by atoms with Crippen LogP contribution >= 0.6 is 0 Å². The van der Waals surface area contributed by atoms with Gasteiger partial charge in [-0.3, -0.25) is 4.79 Å². The Hall–Kier alpha value is -2.13. The average Bonchev–Trinajstić information content (AvgIpc) is 2.52. The van der Waals surface area contributed by atoms with E-state index in [-0.39, 0.29) is 11.8 Å². The van der Waals surface area contributed by atoms with Crippen molar-refractivity contribution in [3.05, 3.63) is 71.3 Å². The van der Waals surface area contributed by atoms with E-state index in [2.05, 4.69) is 5.32 Å². The van der Waals surface area contributed by atoms with Crippen molar-refractivity contribution in [3.8, 4) is 0 Å². The molecule has 0 bridgehead atoms. The summed E-state index contributed by atoms with van der Waals surface area (Å²) < 4.78 is 0. The van der Waals surface area contributed by atoms with Crippen LogP contribution in [0.1, 0.15) is 16.7 Å². The second kappa shape index (κ2) is 7.60. The van der Waals surface area contributed by atoms with E-state index in [1.165, 1.54) is 5.56 Å². The van der Waals surface area contributed by atoms with Crippen molar-refractivity contribution in [1.29, 1.82) is 0 Å². The third kappa shape index (κ3) is 4.43. The highest BCUT2D eigenvalue weighted by molar-refractivity contribution is 5.79. The molecule has 3 nitrogen and oxygen atoms in total. The minimum atomic E-state index is -0.184. The Kier molecular flexibility index (Phi) is 5.52. The smallest absolute Gasteiger partial charge is 0.224 e. The molecule has 1 unspecified atom stereocenters. The van der Waals surface area contributed by atoms with Crippen LogP contribution < -0.4 is 11.1 Å². The molecule has 3 heteroatoms. The van der Waals surface area contributed by atoms with Crippen molar-refractivity contribution in [3.63, 3.8) is 0 Å². The van der Waals surface area contributed by atoms with E-state index in [9.17, 15) is 4.79 Å². The van der Waals surface area contributed by atoms with Gasteiger partial charge < -0.3 is 11.1 Å². The molecule has 0 aliphatic heterocycles. The van der Waals surface area contributed by atoms with Crippen molar-refractivity contribution in [1.82, 2.24) is 5.32 Å². The molecule has 0 fully saturated rings. The SMILES string of the molecule is Cc1ccccc1CNC(=O)C(CN)Cc1ccccc1. The molecule has 21 heavy (non-hydrogen) atoms. The second-order valence-electron chi connectivity index (χ2n) is 5.27. The van der Waals surface area contributed by atoms with Gasteiger partial charge in [-0.2, -0.15) is 0 Å². The topological polar surface area (TPSA) is 55.1 Å². The van der Waals surface area contributed by atoms with Crippen molar-refractivity contribution in [2.75, 3.05) is 6.54 Å². The molecule has 0 spiro atoms. The lowest BCUT2D eigenvalue weighted by molar-refractivity contribution is -0.124. The zero-order valence-electron chi connectivity index (χ0n) is 12.4. The number of aryl methyl sites for hydroxylation is 1. The van der Waals surface area contributed by atoms with Gasteiger partial charge in [0.05, 0.1) is 5.92 Å². The number of hydrogen-bond acceptors (Lipinski definition) is 2. The molecule has 0 saturated heterocycles. The number of nitrogens with two attached hydrogens (primary N) is 1. The van der Waals surface area contributed by atoms with Gasteiger partial charge in [-0.1, -0.05) is 54.6 Å². The van der Waals surface area contributed by atoms with Crippen LogP contribution in [0.15, 0.2) is 54.6 Å². The monoisotopic (exact) mass is 282 g/mol. The zero-order valence-corrected chi connectivity index (χ0v) is 12.4. The number of benzene rings is 2. The van der Waals surface area contributed by atoms with Crippen LogP contribution in [0.5, 0.6) is 0 Å². The van der Waals surface area contributed by atoms with Crippen LogP contribution in [-0.2, 0) is 17.8 Å². The maximum Gasteiger partial charge on any atom is 0.224 e. The molecule has 0 radical (unpaired) electrons. The summed E-state index contributed by atoms with van der Waals surface area (Å²) in [7, 11) is 0. The molecule has 0 aromatic heterocycles. The van der Waals surface area contributed by atoms with E-state index in [1.54, 1.807) is 0 Å². The predicted molar refractivity (Wildman–Crippen MR) is 85.7 cm³/mol. The lowest BCUT2D eigenvalue weighted by Gasteiger charge is -2.15. The molecule has 110 valence electrons. The zero-order chi connectivity index (χ0) is 15.1. The van der Waals surface area contributed by atoms with E-state index in [0.717, 1.165) is 11.1 Å². The number of rotatable bonds is 6. The lowest BCUT2D eigenvalue weighted by Crippen LogP contribution is -2.36. The highest BCUT2D eigenvalue weighted by Gasteiger charge is 2.17. The summed E-state index contributed by atoms with van der Waals surface area (Å²) in [5.41, 5.74) is 9.22. The van der Waals surface area contributed by atoms with Crippen LogP contribution in [0, 0.1) is 12.8 Å². The Bertz CT molecular complexity index is 581. The molecule has 0 saturated carbocycles. The van der Waals surface area contributed by atoms with Gasteiger partial charge in [-0.25, -0.2) is 0 Å². The van der Waals surface area contributed by atoms with Crippen molar-refractivity contribution in [2.45, 2.75) is 19.9 Å². The fraction of sp³-hybridized carbons (Fsp3) is 0.278. The summed E-state index contributed by atoms with van der Waals surface area (Å²) in [5, 5.41) is 2.99. The molecule has 2 aromatic rings. The van der Waals surface area contributed by atoms with Crippen molar-refractivity contribution in [2.24, 2.45) is 11.7 Å². The van der Waals surface area contributed by atoms with Gasteiger partial charge in [0.2, 0.25) is 5.91 Å². The summed E-state index contributed by atoms with van der Waals surface area (Å²) in [6.45, 7) is 2.96. The maximum atomic E-state index is 12.3. The van der Waals surface area contributed by atoms with E-state index in [4.69, 9.17) is 5.73 Å². The third-order valence-corrected chi connectivity index (χ3v) is 3.69. The van der Waals surface area contributed by atoms with Gasteiger partial charge in [-0.15, -0.1) is 0 Å². The quantitative estimate of drug-likeness (QED) is 0.855. The minimum absolute atomic E-state index is 0.0182. The third-order valence-electron chi connectivity index (χ3n) is 3.69. The van der Waals surface area contributed by atoms with Crippen molar-refractivity contribution >= 4 is 5.91 Å². The first kappa shape index (κ1) is 15.3. The Balaban J connectivity index is 1.93. The second-order valence-corrected chi connectivity index (χ2v) is 5.27. The average molecular weight is 282 g/mol. The summed E-state index contributed by atoms with van der Waals surface area (Å²) in [6, 6.07) is 18.0. The summed E-state index contributed by atoms with van der Waals surface area (Å²) >= 11 is 0. The van der Waals surface area contributed by atoms with Gasteiger partial charge in [0.25, 0.3) is 0 Å². The van der Waals surface area contributed by atoms with E-state index >= 15 is 0 Å². The molecule has 3 N–H and O–H groups in total. The molecule has 1 atom stereocenters. The van der Waals surface area contributed by atoms with Crippen LogP contribution in [0.25, 0.3) is 0 Å². The number of carbonyl (C=O) groups is 1. The highest BCUT2D eigenvalue weighted by atomic mass is 16.1. The molecule has 0 aliphatic rings. The first-order chi connectivity index (χ1) is 10.2. The fourth-order valence-electron chi connectivity index (χ4n) is 2.32. The normalized spacial score (nSPS) is 11.9. The summed E-state index contributed by atoms with van der Waals surface area (Å²) in [5.74, 6) is -0.166. The van der Waals surface area contributed by atoms with Gasteiger partial charge in [0.15, 0.2) is 0 Å². The van der Waals surface area contributed by atoms with Crippen LogP contribution in [0.4, 0.5) is 0 Å². The van der Waals surface area contributed by atoms with Crippen LogP contribution in [0.3, 0.4) is 0 Å². The lowest BCUT2D eigenvalue weighted by atomic mass is 9.98.